The van der Waals surface area contributed by atoms with Gasteiger partial charge in [0.1, 0.15) is 10.7 Å². The Balaban J connectivity index is 3.50. The van der Waals surface area contributed by atoms with Crippen molar-refractivity contribution in [2.24, 2.45) is 0 Å². The number of hydrogen-bond donors (Lipinski definition) is 1. The molecule has 0 spiro atoms. The summed E-state index contributed by atoms with van der Waals surface area (Å²) in [6.45, 7) is 0. The van der Waals surface area contributed by atoms with E-state index < -0.39 is 50.7 Å². The predicted molar refractivity (Wildman–Crippen MR) is 78.8 cm³/mol. The van der Waals surface area contributed by atoms with Gasteiger partial charge in [0.15, 0.2) is 0 Å². The molecule has 0 aliphatic rings. The second kappa shape index (κ2) is 7.83. The number of anilines is 1. The standard InChI is InChI=1S/C13H10ClF3N2O6/c1-24-10(20)5-8(12(21)25-2)18-7-3-6(13(15,16)17)4-9(11(7)14)19(22)23/h3-5,18H,1-2H3/b8-5+. The highest BCUT2D eigenvalue weighted by atomic mass is 35.5. The maximum Gasteiger partial charge on any atom is 0.416 e. The van der Waals surface area contributed by atoms with Crippen molar-refractivity contribution in [3.05, 3.63) is 44.6 Å². The molecular weight excluding hydrogens is 373 g/mol. The van der Waals surface area contributed by atoms with Crippen molar-refractivity contribution >= 4 is 34.9 Å². The van der Waals surface area contributed by atoms with Gasteiger partial charge in [-0.3, -0.25) is 10.1 Å². The molecule has 0 amide bonds. The van der Waals surface area contributed by atoms with Crippen molar-refractivity contribution in [3.63, 3.8) is 0 Å². The number of nitro benzene ring substituents is 1. The molecule has 12 heteroatoms. The van der Waals surface area contributed by atoms with Gasteiger partial charge in [-0.25, -0.2) is 9.59 Å². The first-order valence-electron chi connectivity index (χ1n) is 6.21. The molecular formula is C13H10ClF3N2O6. The fraction of sp³-hybridized carbons (Fsp3) is 0.231. The van der Waals surface area contributed by atoms with Crippen LogP contribution in [-0.4, -0.2) is 31.1 Å². The number of nitro groups is 1. The molecule has 0 atom stereocenters. The van der Waals surface area contributed by atoms with E-state index in [0.717, 1.165) is 14.2 Å². The molecule has 1 aromatic carbocycles. The first kappa shape index (κ1) is 20.2. The molecule has 0 bridgehead atoms. The van der Waals surface area contributed by atoms with E-state index in [1.807, 2.05) is 0 Å². The van der Waals surface area contributed by atoms with Gasteiger partial charge in [-0.05, 0) is 6.07 Å². The molecule has 0 aliphatic carbocycles. The van der Waals surface area contributed by atoms with Crippen molar-refractivity contribution in [1.82, 2.24) is 0 Å². The summed E-state index contributed by atoms with van der Waals surface area (Å²) >= 11 is 5.72. The molecule has 0 saturated heterocycles. The van der Waals surface area contributed by atoms with Gasteiger partial charge in [0.2, 0.25) is 0 Å². The highest BCUT2D eigenvalue weighted by molar-refractivity contribution is 6.35. The average molecular weight is 383 g/mol. The Hall–Kier alpha value is -2.82. The molecule has 1 N–H and O–H groups in total. The van der Waals surface area contributed by atoms with Gasteiger partial charge < -0.3 is 14.8 Å². The average Bonchev–Trinajstić information content (AvgIpc) is 2.53. The van der Waals surface area contributed by atoms with Crippen molar-refractivity contribution in [2.45, 2.75) is 6.18 Å². The zero-order valence-corrected chi connectivity index (χ0v) is 13.4. The van der Waals surface area contributed by atoms with Gasteiger partial charge in [-0.2, -0.15) is 13.2 Å². The van der Waals surface area contributed by atoms with E-state index in [2.05, 4.69) is 14.8 Å². The van der Waals surface area contributed by atoms with E-state index in [1.165, 1.54) is 0 Å². The van der Waals surface area contributed by atoms with E-state index in [0.29, 0.717) is 12.1 Å². The van der Waals surface area contributed by atoms with Crippen molar-refractivity contribution < 1.29 is 37.2 Å². The lowest BCUT2D eigenvalue weighted by atomic mass is 10.1. The van der Waals surface area contributed by atoms with Crippen LogP contribution in [0.1, 0.15) is 5.56 Å². The number of rotatable bonds is 5. The van der Waals surface area contributed by atoms with Crippen LogP contribution in [0.2, 0.25) is 5.02 Å². The monoisotopic (exact) mass is 382 g/mol. The van der Waals surface area contributed by atoms with E-state index in [-0.39, 0.29) is 6.07 Å². The van der Waals surface area contributed by atoms with Crippen LogP contribution in [0, 0.1) is 10.1 Å². The second-order valence-corrected chi connectivity index (χ2v) is 4.69. The van der Waals surface area contributed by atoms with Crippen LogP contribution in [0.25, 0.3) is 0 Å². The Labute approximate surface area is 143 Å². The summed E-state index contributed by atoms with van der Waals surface area (Å²) in [6.07, 6.45) is -4.32. The van der Waals surface area contributed by atoms with Gasteiger partial charge in [0.05, 0.1) is 36.5 Å². The van der Waals surface area contributed by atoms with Gasteiger partial charge in [0.25, 0.3) is 5.69 Å². The van der Waals surface area contributed by atoms with Crippen molar-refractivity contribution in [2.75, 3.05) is 19.5 Å². The maximum atomic E-state index is 12.9. The number of nitrogens with one attached hydrogen (secondary N) is 1. The number of esters is 2. The molecule has 0 fully saturated rings. The fourth-order valence-electron chi connectivity index (χ4n) is 1.57. The first-order chi connectivity index (χ1) is 11.5. The largest absolute Gasteiger partial charge is 0.466 e. The zero-order chi connectivity index (χ0) is 19.4. The number of nitrogens with zero attached hydrogens (tertiary/aromatic N) is 1. The van der Waals surface area contributed by atoms with Crippen LogP contribution in [-0.2, 0) is 25.2 Å². The van der Waals surface area contributed by atoms with E-state index in [4.69, 9.17) is 11.6 Å². The molecule has 8 nitrogen and oxygen atoms in total. The molecule has 1 rings (SSSR count). The number of halogens is 4. The highest BCUT2D eigenvalue weighted by Crippen LogP contribution is 2.40. The van der Waals surface area contributed by atoms with Crippen LogP contribution in [0.15, 0.2) is 23.9 Å². The summed E-state index contributed by atoms with van der Waals surface area (Å²) in [4.78, 5) is 32.6. The number of alkyl halides is 3. The number of carbonyl (C=O) groups excluding carboxylic acids is 2. The summed E-state index contributed by atoms with van der Waals surface area (Å²) in [5, 5.41) is 12.3. The Morgan fingerprint density at radius 1 is 1.28 bits per heavy atom. The number of carbonyl (C=O) groups is 2. The van der Waals surface area contributed by atoms with Crippen LogP contribution in [0.4, 0.5) is 24.5 Å². The number of methoxy groups -OCH3 is 2. The molecule has 0 unspecified atom stereocenters. The molecule has 0 heterocycles. The third-order valence-electron chi connectivity index (χ3n) is 2.72. The fourth-order valence-corrected chi connectivity index (χ4v) is 1.80. The minimum atomic E-state index is -4.91. The summed E-state index contributed by atoms with van der Waals surface area (Å²) in [6, 6.07) is 0.693. The summed E-state index contributed by atoms with van der Waals surface area (Å²) < 4.78 is 47.4. The highest BCUT2D eigenvalue weighted by Gasteiger charge is 2.34. The van der Waals surface area contributed by atoms with E-state index >= 15 is 0 Å². The lowest BCUT2D eigenvalue weighted by Crippen LogP contribution is -2.16. The number of hydrogen-bond acceptors (Lipinski definition) is 7. The van der Waals surface area contributed by atoms with Crippen LogP contribution < -0.4 is 5.32 Å². The lowest BCUT2D eigenvalue weighted by Gasteiger charge is -2.14. The minimum Gasteiger partial charge on any atom is -0.466 e. The lowest BCUT2D eigenvalue weighted by molar-refractivity contribution is -0.384. The van der Waals surface area contributed by atoms with E-state index in [9.17, 15) is 32.9 Å². The molecule has 0 aliphatic heterocycles. The predicted octanol–water partition coefficient (Wildman–Crippen LogP) is 2.91. The number of benzene rings is 1. The first-order valence-corrected chi connectivity index (χ1v) is 6.59. The quantitative estimate of drug-likeness (QED) is 0.361. The second-order valence-electron chi connectivity index (χ2n) is 4.31. The van der Waals surface area contributed by atoms with Crippen LogP contribution >= 0.6 is 11.6 Å². The maximum absolute atomic E-state index is 12.9. The van der Waals surface area contributed by atoms with Gasteiger partial charge in [-0.1, -0.05) is 11.6 Å². The summed E-state index contributed by atoms with van der Waals surface area (Å²) in [5.74, 6) is -2.16. The van der Waals surface area contributed by atoms with Crippen molar-refractivity contribution in [1.29, 1.82) is 0 Å². The van der Waals surface area contributed by atoms with Crippen molar-refractivity contribution in [3.8, 4) is 0 Å². The molecule has 0 radical (unpaired) electrons. The van der Waals surface area contributed by atoms with Gasteiger partial charge in [0, 0.05) is 6.07 Å². The molecule has 0 saturated carbocycles. The topological polar surface area (TPSA) is 108 Å². The third kappa shape index (κ3) is 5.08. The van der Waals surface area contributed by atoms with Gasteiger partial charge in [-0.15, -0.1) is 0 Å². The normalized spacial score (nSPS) is 11.7. The molecule has 0 aromatic heterocycles. The molecule has 136 valence electrons. The third-order valence-corrected chi connectivity index (χ3v) is 3.11. The van der Waals surface area contributed by atoms with Crippen LogP contribution in [0.5, 0.6) is 0 Å². The van der Waals surface area contributed by atoms with Crippen LogP contribution in [0.3, 0.4) is 0 Å². The molecule has 1 aromatic rings. The zero-order valence-electron chi connectivity index (χ0n) is 12.6. The Morgan fingerprint density at radius 2 is 1.88 bits per heavy atom. The summed E-state index contributed by atoms with van der Waals surface area (Å²) in [7, 11) is 1.95. The minimum absolute atomic E-state index is 0.245. The Kier molecular flexibility index (Phi) is 6.34. The van der Waals surface area contributed by atoms with E-state index in [1.54, 1.807) is 0 Å². The smallest absolute Gasteiger partial charge is 0.416 e. The SMILES string of the molecule is COC(=O)/C=C(/Nc1cc(C(F)(F)F)cc([N+](=O)[O-])c1Cl)C(=O)OC. The Morgan fingerprint density at radius 3 is 2.32 bits per heavy atom. The Bertz CT molecular complexity index is 748. The number of ether oxygens (including phenoxy) is 2. The summed E-state index contributed by atoms with van der Waals surface area (Å²) in [5.41, 5.74) is -3.68. The molecule has 25 heavy (non-hydrogen) atoms. The van der Waals surface area contributed by atoms with Gasteiger partial charge >= 0.3 is 18.1 Å².